The standard InChI is InChI=1S/C9H15F3OSi/c1-2-14(7-4-3-6-13-14)8-5-9(10,11)12/h2H,1,3-8H2. The molecule has 1 heterocycles. The minimum Gasteiger partial charge on any atom is -0.413 e. The van der Waals surface area contributed by atoms with Gasteiger partial charge in [0.15, 0.2) is 0 Å². The minimum absolute atomic E-state index is 0.139. The highest BCUT2D eigenvalue weighted by Gasteiger charge is 2.38. The molecule has 0 spiro atoms. The zero-order valence-corrected chi connectivity index (χ0v) is 9.07. The molecule has 0 N–H and O–H groups in total. The summed E-state index contributed by atoms with van der Waals surface area (Å²) in [7, 11) is -2.22. The van der Waals surface area contributed by atoms with E-state index >= 15 is 0 Å². The van der Waals surface area contributed by atoms with Crippen LogP contribution in [0.15, 0.2) is 12.3 Å². The van der Waals surface area contributed by atoms with Crippen LogP contribution in [0.2, 0.25) is 12.1 Å². The average molecular weight is 224 g/mol. The Morgan fingerprint density at radius 3 is 2.50 bits per heavy atom. The summed E-state index contributed by atoms with van der Waals surface area (Å²) in [6.07, 6.45) is -2.85. The van der Waals surface area contributed by atoms with E-state index in [0.717, 1.165) is 18.9 Å². The molecule has 1 unspecified atom stereocenters. The van der Waals surface area contributed by atoms with Crippen LogP contribution in [0.1, 0.15) is 19.3 Å². The Bertz CT molecular complexity index is 197. The second-order valence-corrected chi connectivity index (χ2v) is 7.52. The van der Waals surface area contributed by atoms with Crippen molar-refractivity contribution >= 4 is 8.32 Å². The summed E-state index contributed by atoms with van der Waals surface area (Å²) in [5.41, 5.74) is 1.66. The maximum atomic E-state index is 12.0. The van der Waals surface area contributed by atoms with E-state index in [0.29, 0.717) is 6.61 Å². The van der Waals surface area contributed by atoms with Crippen LogP contribution in [0, 0.1) is 0 Å². The summed E-state index contributed by atoms with van der Waals surface area (Å²) in [5, 5.41) is 0. The normalized spacial score (nSPS) is 28.8. The molecule has 0 aromatic carbocycles. The van der Waals surface area contributed by atoms with Gasteiger partial charge in [0.2, 0.25) is 8.32 Å². The van der Waals surface area contributed by atoms with Gasteiger partial charge in [-0.1, -0.05) is 12.1 Å². The third-order valence-electron chi connectivity index (χ3n) is 2.59. The number of rotatable bonds is 3. The summed E-state index contributed by atoms with van der Waals surface area (Å²) >= 11 is 0. The molecule has 1 nitrogen and oxygen atoms in total. The average Bonchev–Trinajstić information content (AvgIpc) is 2.15. The van der Waals surface area contributed by atoms with E-state index in [9.17, 15) is 13.2 Å². The van der Waals surface area contributed by atoms with Crippen LogP contribution in [-0.2, 0) is 4.43 Å². The lowest BCUT2D eigenvalue weighted by molar-refractivity contribution is -0.131. The quantitative estimate of drug-likeness (QED) is 0.667. The first-order valence-electron chi connectivity index (χ1n) is 4.82. The Morgan fingerprint density at radius 2 is 2.07 bits per heavy atom. The van der Waals surface area contributed by atoms with Crippen molar-refractivity contribution in [2.45, 2.75) is 37.5 Å². The Balaban J connectivity index is 2.48. The molecule has 0 aromatic rings. The molecular weight excluding hydrogens is 209 g/mol. The second kappa shape index (κ2) is 4.48. The molecule has 0 amide bonds. The van der Waals surface area contributed by atoms with Gasteiger partial charge < -0.3 is 4.43 Å². The van der Waals surface area contributed by atoms with Crippen LogP contribution in [-0.4, -0.2) is 21.1 Å². The topological polar surface area (TPSA) is 9.23 Å². The van der Waals surface area contributed by atoms with Crippen molar-refractivity contribution < 1.29 is 17.6 Å². The molecular formula is C9H15F3OSi. The smallest absolute Gasteiger partial charge is 0.388 e. The SMILES string of the molecule is C=C[Si]1(CCC(F)(F)F)CCCCO1. The summed E-state index contributed by atoms with van der Waals surface area (Å²) in [4.78, 5) is 0. The van der Waals surface area contributed by atoms with Gasteiger partial charge in [0.1, 0.15) is 0 Å². The summed E-state index contributed by atoms with van der Waals surface area (Å²) < 4.78 is 41.7. The monoisotopic (exact) mass is 224 g/mol. The van der Waals surface area contributed by atoms with E-state index in [-0.39, 0.29) is 6.04 Å². The highest BCUT2D eigenvalue weighted by atomic mass is 28.4. The van der Waals surface area contributed by atoms with Crippen LogP contribution in [0.25, 0.3) is 0 Å². The van der Waals surface area contributed by atoms with E-state index in [1.54, 1.807) is 5.70 Å². The number of halogens is 3. The van der Waals surface area contributed by atoms with Crippen molar-refractivity contribution in [3.63, 3.8) is 0 Å². The predicted octanol–water partition coefficient (Wildman–Crippen LogP) is 3.42. The maximum absolute atomic E-state index is 12.0. The van der Waals surface area contributed by atoms with Crippen molar-refractivity contribution in [3.05, 3.63) is 12.3 Å². The van der Waals surface area contributed by atoms with Gasteiger partial charge in [-0.25, -0.2) is 0 Å². The molecule has 1 aliphatic rings. The molecule has 0 bridgehead atoms. The van der Waals surface area contributed by atoms with E-state index in [1.165, 1.54) is 0 Å². The lowest BCUT2D eigenvalue weighted by Crippen LogP contribution is -2.40. The first-order chi connectivity index (χ1) is 6.47. The van der Waals surface area contributed by atoms with Crippen molar-refractivity contribution in [1.29, 1.82) is 0 Å². The van der Waals surface area contributed by atoms with Gasteiger partial charge >= 0.3 is 6.18 Å². The lowest BCUT2D eigenvalue weighted by atomic mass is 10.4. The van der Waals surface area contributed by atoms with Gasteiger partial charge in [-0.2, -0.15) is 13.2 Å². The van der Waals surface area contributed by atoms with E-state index < -0.39 is 20.9 Å². The molecule has 0 radical (unpaired) electrons. The molecule has 0 saturated carbocycles. The van der Waals surface area contributed by atoms with Gasteiger partial charge in [-0.3, -0.25) is 0 Å². The highest BCUT2D eigenvalue weighted by Crippen LogP contribution is 2.32. The van der Waals surface area contributed by atoms with E-state index in [2.05, 4.69) is 6.58 Å². The van der Waals surface area contributed by atoms with Crippen molar-refractivity contribution in [2.24, 2.45) is 0 Å². The molecule has 1 saturated heterocycles. The molecule has 5 heteroatoms. The Kier molecular flexibility index (Phi) is 3.77. The van der Waals surface area contributed by atoms with Crippen molar-refractivity contribution in [1.82, 2.24) is 0 Å². The Hall–Kier alpha value is -0.293. The van der Waals surface area contributed by atoms with Crippen LogP contribution in [0.5, 0.6) is 0 Å². The molecule has 0 aliphatic carbocycles. The van der Waals surface area contributed by atoms with Crippen LogP contribution in [0.4, 0.5) is 13.2 Å². The predicted molar refractivity (Wildman–Crippen MR) is 51.4 cm³/mol. The van der Waals surface area contributed by atoms with Crippen molar-refractivity contribution in [2.75, 3.05) is 6.61 Å². The van der Waals surface area contributed by atoms with Crippen LogP contribution < -0.4 is 0 Å². The van der Waals surface area contributed by atoms with Gasteiger partial charge in [-0.15, -0.1) is 6.58 Å². The summed E-state index contributed by atoms with van der Waals surface area (Å²) in [5.74, 6) is 0. The molecule has 1 aliphatic heterocycles. The summed E-state index contributed by atoms with van der Waals surface area (Å²) in [6.45, 7) is 4.23. The molecule has 0 aromatic heterocycles. The van der Waals surface area contributed by atoms with Crippen LogP contribution in [0.3, 0.4) is 0 Å². The van der Waals surface area contributed by atoms with Crippen LogP contribution >= 0.6 is 0 Å². The molecule has 14 heavy (non-hydrogen) atoms. The molecule has 1 fully saturated rings. The lowest BCUT2D eigenvalue weighted by Gasteiger charge is -2.32. The Labute approximate surface area is 83.1 Å². The molecule has 1 atom stereocenters. The van der Waals surface area contributed by atoms with Gasteiger partial charge in [0.05, 0.1) is 0 Å². The first kappa shape index (κ1) is 11.8. The zero-order chi connectivity index (χ0) is 10.7. The number of alkyl halides is 3. The van der Waals surface area contributed by atoms with Gasteiger partial charge in [0, 0.05) is 13.0 Å². The fourth-order valence-corrected chi connectivity index (χ4v) is 4.86. The van der Waals surface area contributed by atoms with E-state index in [1.807, 2.05) is 0 Å². The summed E-state index contributed by atoms with van der Waals surface area (Å²) in [6, 6.07) is 0.937. The third-order valence-corrected chi connectivity index (χ3v) is 6.41. The fourth-order valence-electron chi connectivity index (χ4n) is 1.69. The van der Waals surface area contributed by atoms with Crippen molar-refractivity contribution in [3.8, 4) is 0 Å². The number of hydrogen-bond acceptors (Lipinski definition) is 1. The zero-order valence-electron chi connectivity index (χ0n) is 8.07. The van der Waals surface area contributed by atoms with Gasteiger partial charge in [0.25, 0.3) is 0 Å². The largest absolute Gasteiger partial charge is 0.413 e. The number of hydrogen-bond donors (Lipinski definition) is 0. The first-order valence-corrected chi connectivity index (χ1v) is 7.22. The highest BCUT2D eigenvalue weighted by molar-refractivity contribution is 6.78. The molecule has 1 rings (SSSR count). The third kappa shape index (κ3) is 3.46. The Morgan fingerprint density at radius 1 is 1.36 bits per heavy atom. The van der Waals surface area contributed by atoms with Gasteiger partial charge in [-0.05, 0) is 18.5 Å². The molecule has 82 valence electrons. The minimum atomic E-state index is -4.07. The van der Waals surface area contributed by atoms with E-state index in [4.69, 9.17) is 4.43 Å². The maximum Gasteiger partial charge on any atom is 0.388 e. The fraction of sp³-hybridized carbons (Fsp3) is 0.778. The second-order valence-electron chi connectivity index (χ2n) is 3.69.